The molecule has 0 saturated heterocycles. The van der Waals surface area contributed by atoms with Crippen molar-refractivity contribution in [3.63, 3.8) is 0 Å². The fourth-order valence-corrected chi connectivity index (χ4v) is 1.12. The highest BCUT2D eigenvalue weighted by Gasteiger charge is 2.10. The number of rotatable bonds is 3. The number of carbonyl (C=O) groups is 3. The average Bonchev–Trinajstić information content (AvgIpc) is 2.36. The van der Waals surface area contributed by atoms with Gasteiger partial charge in [-0.15, -0.1) is 0 Å². The number of hydrogen-bond donors (Lipinski definition) is 2. The van der Waals surface area contributed by atoms with Gasteiger partial charge in [-0.05, 0) is 6.07 Å². The lowest BCUT2D eigenvalue weighted by Gasteiger charge is -2.06. The molecular weight excluding hydrogens is 222 g/mol. The maximum Gasteiger partial charge on any atom is 0.270 e. The minimum Gasteiger partial charge on any atom is -0.298 e. The fraction of sp³-hybridized carbons (Fsp3) is 0.0909. The third-order valence-electron chi connectivity index (χ3n) is 1.89. The number of carbonyl (C=O) groups excluding carboxylic acids is 3. The first kappa shape index (κ1) is 12.4. The van der Waals surface area contributed by atoms with Crippen LogP contribution < -0.4 is 10.9 Å². The second kappa shape index (κ2) is 6.02. The summed E-state index contributed by atoms with van der Waals surface area (Å²) in [5, 5.41) is 8.23. The van der Waals surface area contributed by atoms with Gasteiger partial charge in [0.1, 0.15) is 6.42 Å². The molecule has 2 N–H and O–H groups in total. The van der Waals surface area contributed by atoms with Crippen molar-refractivity contribution in [1.29, 1.82) is 5.26 Å². The average molecular weight is 231 g/mol. The topological polar surface area (TPSA) is 99.1 Å². The van der Waals surface area contributed by atoms with Crippen molar-refractivity contribution in [3.8, 4) is 6.07 Å². The summed E-state index contributed by atoms with van der Waals surface area (Å²) in [5.41, 5.74) is 4.54. The zero-order chi connectivity index (χ0) is 12.7. The summed E-state index contributed by atoms with van der Waals surface area (Å²) in [6.07, 6.45) is 0.196. The van der Waals surface area contributed by atoms with E-state index in [9.17, 15) is 14.4 Å². The van der Waals surface area contributed by atoms with E-state index in [0.717, 1.165) is 0 Å². The molecule has 0 spiro atoms. The van der Waals surface area contributed by atoms with Crippen LogP contribution in [0.15, 0.2) is 24.3 Å². The first-order chi connectivity index (χ1) is 8.19. The second-order valence-electron chi connectivity index (χ2n) is 3.04. The Morgan fingerprint density at radius 2 is 2.00 bits per heavy atom. The molecule has 0 heterocycles. The standard InChI is InChI=1S/C11H9N3O3/c12-6-5-10(16)13-14-11(17)9-4-2-1-3-8(9)7-15/h1-4,7H,5H2,(H,13,16)(H,14,17). The Kier molecular flexibility index (Phi) is 4.39. The van der Waals surface area contributed by atoms with Gasteiger partial charge in [-0.1, -0.05) is 18.2 Å². The van der Waals surface area contributed by atoms with E-state index in [2.05, 4.69) is 10.9 Å². The summed E-state index contributed by atoms with van der Waals surface area (Å²) in [5.74, 6) is -1.23. The molecule has 86 valence electrons. The number of hydrogen-bond acceptors (Lipinski definition) is 4. The van der Waals surface area contributed by atoms with Crippen molar-refractivity contribution in [3.05, 3.63) is 35.4 Å². The van der Waals surface area contributed by atoms with Crippen LogP contribution in [0.25, 0.3) is 0 Å². The van der Waals surface area contributed by atoms with E-state index in [0.29, 0.717) is 6.29 Å². The van der Waals surface area contributed by atoms with Crippen LogP contribution in [0.5, 0.6) is 0 Å². The smallest absolute Gasteiger partial charge is 0.270 e. The van der Waals surface area contributed by atoms with Gasteiger partial charge in [-0.3, -0.25) is 25.2 Å². The number of aldehydes is 1. The van der Waals surface area contributed by atoms with Crippen LogP contribution in [-0.4, -0.2) is 18.1 Å². The fourth-order valence-electron chi connectivity index (χ4n) is 1.12. The van der Waals surface area contributed by atoms with Crippen LogP contribution in [0.4, 0.5) is 0 Å². The summed E-state index contributed by atoms with van der Waals surface area (Å²) in [4.78, 5) is 33.1. The Morgan fingerprint density at radius 1 is 1.29 bits per heavy atom. The summed E-state index contributed by atoms with van der Waals surface area (Å²) in [7, 11) is 0. The molecule has 0 atom stereocenters. The van der Waals surface area contributed by atoms with Crippen LogP contribution in [0.3, 0.4) is 0 Å². The monoisotopic (exact) mass is 231 g/mol. The molecule has 0 saturated carbocycles. The first-order valence-corrected chi connectivity index (χ1v) is 4.69. The molecule has 0 aliphatic rings. The maximum atomic E-state index is 11.6. The van der Waals surface area contributed by atoms with Crippen LogP contribution in [0.2, 0.25) is 0 Å². The van der Waals surface area contributed by atoms with Crippen LogP contribution in [0.1, 0.15) is 27.1 Å². The highest BCUT2D eigenvalue weighted by Crippen LogP contribution is 2.05. The number of nitrogens with zero attached hydrogens (tertiary/aromatic N) is 1. The molecule has 6 nitrogen and oxygen atoms in total. The van der Waals surface area contributed by atoms with Gasteiger partial charge in [0.25, 0.3) is 11.8 Å². The Hall–Kier alpha value is -2.68. The molecular formula is C11H9N3O3. The van der Waals surface area contributed by atoms with Crippen molar-refractivity contribution in [2.45, 2.75) is 6.42 Å². The number of nitrogens with one attached hydrogen (secondary N) is 2. The van der Waals surface area contributed by atoms with Crippen LogP contribution in [0, 0.1) is 11.3 Å². The minimum atomic E-state index is -0.621. The molecule has 0 aliphatic carbocycles. The van der Waals surface area contributed by atoms with Gasteiger partial charge in [0.05, 0.1) is 11.6 Å². The molecule has 0 radical (unpaired) electrons. The second-order valence-corrected chi connectivity index (χ2v) is 3.04. The summed E-state index contributed by atoms with van der Waals surface area (Å²) < 4.78 is 0. The molecule has 0 unspecified atom stereocenters. The van der Waals surface area contributed by atoms with Gasteiger partial charge in [-0.25, -0.2) is 0 Å². The number of benzene rings is 1. The molecule has 1 rings (SSSR count). The van der Waals surface area contributed by atoms with Gasteiger partial charge in [0, 0.05) is 5.56 Å². The molecule has 6 heteroatoms. The van der Waals surface area contributed by atoms with E-state index in [4.69, 9.17) is 5.26 Å². The Morgan fingerprint density at radius 3 is 2.65 bits per heavy atom. The highest BCUT2D eigenvalue weighted by molar-refractivity contribution is 6.01. The third kappa shape index (κ3) is 3.43. The van der Waals surface area contributed by atoms with Gasteiger partial charge in [-0.2, -0.15) is 5.26 Å². The lowest BCUT2D eigenvalue weighted by Crippen LogP contribution is -2.41. The Labute approximate surface area is 97.2 Å². The van der Waals surface area contributed by atoms with E-state index in [-0.39, 0.29) is 17.5 Å². The lowest BCUT2D eigenvalue weighted by atomic mass is 10.1. The van der Waals surface area contributed by atoms with E-state index in [1.54, 1.807) is 18.2 Å². The molecule has 2 amide bonds. The molecule has 17 heavy (non-hydrogen) atoms. The normalized spacial score (nSPS) is 8.88. The van der Waals surface area contributed by atoms with E-state index in [1.807, 2.05) is 0 Å². The van der Waals surface area contributed by atoms with Gasteiger partial charge < -0.3 is 0 Å². The molecule has 0 aliphatic heterocycles. The zero-order valence-electron chi connectivity index (χ0n) is 8.77. The summed E-state index contributed by atoms with van der Waals surface area (Å²) in [6, 6.07) is 7.79. The summed E-state index contributed by atoms with van der Waals surface area (Å²) >= 11 is 0. The van der Waals surface area contributed by atoms with Crippen molar-refractivity contribution in [1.82, 2.24) is 10.9 Å². The first-order valence-electron chi connectivity index (χ1n) is 4.69. The number of hydrazine groups is 1. The zero-order valence-corrected chi connectivity index (χ0v) is 8.77. The lowest BCUT2D eigenvalue weighted by molar-refractivity contribution is -0.120. The van der Waals surface area contributed by atoms with Gasteiger partial charge in [0.15, 0.2) is 6.29 Å². The van der Waals surface area contributed by atoms with Gasteiger partial charge in [0.2, 0.25) is 0 Å². The molecule has 0 aromatic heterocycles. The quantitative estimate of drug-likeness (QED) is 0.572. The van der Waals surface area contributed by atoms with Crippen molar-refractivity contribution in [2.24, 2.45) is 0 Å². The predicted molar refractivity (Wildman–Crippen MR) is 57.7 cm³/mol. The highest BCUT2D eigenvalue weighted by atomic mass is 16.2. The van der Waals surface area contributed by atoms with Crippen LogP contribution >= 0.6 is 0 Å². The largest absolute Gasteiger partial charge is 0.298 e. The SMILES string of the molecule is N#CCC(=O)NNC(=O)c1ccccc1C=O. The molecule has 0 fully saturated rings. The van der Waals surface area contributed by atoms with Crippen molar-refractivity contribution >= 4 is 18.1 Å². The predicted octanol–water partition coefficient (Wildman–Crippen LogP) is 0.174. The number of amides is 2. The van der Waals surface area contributed by atoms with E-state index in [1.165, 1.54) is 12.1 Å². The Bertz CT molecular complexity index is 491. The Balaban J connectivity index is 2.68. The summed E-state index contributed by atoms with van der Waals surface area (Å²) in [6.45, 7) is 0. The molecule has 1 aromatic rings. The van der Waals surface area contributed by atoms with Crippen molar-refractivity contribution in [2.75, 3.05) is 0 Å². The molecule has 1 aromatic carbocycles. The van der Waals surface area contributed by atoms with Gasteiger partial charge >= 0.3 is 0 Å². The number of nitriles is 1. The molecule has 0 bridgehead atoms. The maximum absolute atomic E-state index is 11.6. The van der Waals surface area contributed by atoms with E-state index >= 15 is 0 Å². The third-order valence-corrected chi connectivity index (χ3v) is 1.89. The van der Waals surface area contributed by atoms with Crippen molar-refractivity contribution < 1.29 is 14.4 Å². The van der Waals surface area contributed by atoms with E-state index < -0.39 is 11.8 Å². The van der Waals surface area contributed by atoms with Crippen LogP contribution in [-0.2, 0) is 4.79 Å². The minimum absolute atomic E-state index is 0.153.